The van der Waals surface area contributed by atoms with E-state index in [1.165, 1.54) is 0 Å². The maximum absolute atomic E-state index is 13.2. The van der Waals surface area contributed by atoms with Crippen molar-refractivity contribution < 1.29 is 22.3 Å². The molecule has 2 rings (SSSR count). The normalized spacial score (nSPS) is 17.2. The number of hydrogen-bond donors (Lipinski definition) is 0. The molecule has 1 aliphatic rings. The van der Waals surface area contributed by atoms with E-state index in [0.29, 0.717) is 12.2 Å². The van der Waals surface area contributed by atoms with Crippen molar-refractivity contribution in [1.82, 2.24) is 13.6 Å². The minimum atomic E-state index is -4.03. The van der Waals surface area contributed by atoms with Gasteiger partial charge in [-0.3, -0.25) is 0 Å². The van der Waals surface area contributed by atoms with E-state index in [0.717, 1.165) is 30.3 Å². The number of ether oxygens (including phenoxy) is 1. The number of hydrogen-bond acceptors (Lipinski definition) is 5. The maximum Gasteiger partial charge on any atom is 0.310 e. The van der Waals surface area contributed by atoms with Crippen LogP contribution in [0.4, 0.5) is 17.6 Å². The summed E-state index contributed by atoms with van der Waals surface area (Å²) in [6, 6.07) is 0. The molecular weight excluding hydrogens is 334 g/mol. The second-order valence-electron chi connectivity index (χ2n) is 5.72. The van der Waals surface area contributed by atoms with E-state index in [4.69, 9.17) is 4.74 Å². The molecule has 9 heteroatoms. The topological polar surface area (TPSA) is 38.2 Å². The van der Waals surface area contributed by atoms with Crippen molar-refractivity contribution in [2.75, 3.05) is 26.7 Å². The molecule has 1 aliphatic heterocycles. The molecule has 1 aromatic heterocycles. The van der Waals surface area contributed by atoms with Crippen molar-refractivity contribution in [3.05, 3.63) is 11.8 Å². The SMILES string of the molecule is CN1CCC=C(c2nsnc2OCCCC(F)(F)C(C)(F)F)C1. The lowest BCUT2D eigenvalue weighted by Gasteiger charge is -2.23. The van der Waals surface area contributed by atoms with Crippen molar-refractivity contribution in [1.29, 1.82) is 0 Å². The van der Waals surface area contributed by atoms with Crippen molar-refractivity contribution in [2.24, 2.45) is 0 Å². The zero-order chi connectivity index (χ0) is 17.1. The van der Waals surface area contributed by atoms with E-state index in [9.17, 15) is 17.6 Å². The minimum Gasteiger partial charge on any atom is -0.475 e. The Labute approximate surface area is 136 Å². The third-order valence-corrected chi connectivity index (χ3v) is 4.13. The van der Waals surface area contributed by atoms with E-state index in [1.54, 1.807) is 0 Å². The first-order chi connectivity index (χ1) is 10.7. The Hall–Kier alpha value is -1.22. The molecule has 0 aromatic carbocycles. The van der Waals surface area contributed by atoms with E-state index < -0.39 is 18.3 Å². The molecule has 23 heavy (non-hydrogen) atoms. The van der Waals surface area contributed by atoms with Crippen molar-refractivity contribution in [2.45, 2.75) is 38.0 Å². The van der Waals surface area contributed by atoms with Gasteiger partial charge in [-0.2, -0.15) is 13.2 Å². The summed E-state index contributed by atoms with van der Waals surface area (Å²) in [5, 5.41) is 0. The van der Waals surface area contributed by atoms with Gasteiger partial charge in [0.2, 0.25) is 0 Å². The molecule has 0 saturated heterocycles. The molecule has 130 valence electrons. The van der Waals surface area contributed by atoms with Crippen LogP contribution in [0.25, 0.3) is 5.57 Å². The maximum atomic E-state index is 13.2. The average Bonchev–Trinajstić information content (AvgIpc) is 2.91. The van der Waals surface area contributed by atoms with Crippen molar-refractivity contribution in [3.63, 3.8) is 0 Å². The summed E-state index contributed by atoms with van der Waals surface area (Å²) < 4.78 is 65.3. The van der Waals surface area contributed by atoms with Gasteiger partial charge in [-0.25, -0.2) is 8.78 Å². The Morgan fingerprint density at radius 3 is 2.70 bits per heavy atom. The second-order valence-corrected chi connectivity index (χ2v) is 6.25. The lowest BCUT2D eigenvalue weighted by atomic mass is 10.1. The van der Waals surface area contributed by atoms with Crippen LogP contribution in [0.5, 0.6) is 5.88 Å². The van der Waals surface area contributed by atoms with Gasteiger partial charge in [0.25, 0.3) is 5.88 Å². The van der Waals surface area contributed by atoms with Crippen LogP contribution in [0.3, 0.4) is 0 Å². The predicted molar refractivity (Wildman–Crippen MR) is 80.3 cm³/mol. The molecule has 0 atom stereocenters. The fraction of sp³-hybridized carbons (Fsp3) is 0.714. The minimum absolute atomic E-state index is 0.104. The summed E-state index contributed by atoms with van der Waals surface area (Å²) in [6.45, 7) is 1.79. The molecule has 0 unspecified atom stereocenters. The van der Waals surface area contributed by atoms with Crippen LogP contribution in [-0.4, -0.2) is 52.2 Å². The van der Waals surface area contributed by atoms with Gasteiger partial charge < -0.3 is 9.64 Å². The fourth-order valence-electron chi connectivity index (χ4n) is 2.22. The monoisotopic (exact) mass is 353 g/mol. The number of alkyl halides is 4. The third-order valence-electron chi connectivity index (χ3n) is 3.62. The first-order valence-electron chi connectivity index (χ1n) is 7.29. The molecule has 2 heterocycles. The summed E-state index contributed by atoms with van der Waals surface area (Å²) in [5.74, 6) is -7.78. The standard InChI is InChI=1S/C14H19F4N3OS/c1-13(15,16)14(17,18)6-4-8-22-12-11(19-23-20-12)10-5-3-7-21(2)9-10/h5H,3-4,6-9H2,1-2H3. The molecule has 0 aliphatic carbocycles. The first kappa shape index (κ1) is 18.1. The van der Waals surface area contributed by atoms with E-state index in [1.807, 2.05) is 7.05 Å². The Kier molecular flexibility index (Phi) is 5.61. The highest BCUT2D eigenvalue weighted by molar-refractivity contribution is 6.99. The van der Waals surface area contributed by atoms with Crippen LogP contribution in [0.1, 0.15) is 31.9 Å². The van der Waals surface area contributed by atoms with Crippen LogP contribution in [0.15, 0.2) is 6.08 Å². The molecular formula is C14H19F4N3OS. The average molecular weight is 353 g/mol. The van der Waals surface area contributed by atoms with Gasteiger partial charge in [-0.05, 0) is 25.5 Å². The first-order valence-corrected chi connectivity index (χ1v) is 8.03. The highest BCUT2D eigenvalue weighted by Gasteiger charge is 2.51. The van der Waals surface area contributed by atoms with Crippen LogP contribution in [0.2, 0.25) is 0 Å². The molecule has 4 nitrogen and oxygen atoms in total. The van der Waals surface area contributed by atoms with Crippen molar-refractivity contribution in [3.8, 4) is 5.88 Å². The number of halogens is 4. The molecule has 0 amide bonds. The van der Waals surface area contributed by atoms with Gasteiger partial charge in [0.1, 0.15) is 5.69 Å². The largest absolute Gasteiger partial charge is 0.475 e. The van der Waals surface area contributed by atoms with E-state index in [2.05, 4.69) is 19.7 Å². The molecule has 0 saturated carbocycles. The summed E-state index contributed by atoms with van der Waals surface area (Å²) >= 11 is 0.976. The fourth-order valence-corrected chi connectivity index (χ4v) is 2.75. The zero-order valence-electron chi connectivity index (χ0n) is 13.0. The lowest BCUT2D eigenvalue weighted by molar-refractivity contribution is -0.201. The zero-order valence-corrected chi connectivity index (χ0v) is 13.8. The summed E-state index contributed by atoms with van der Waals surface area (Å²) in [5.41, 5.74) is 1.59. The van der Waals surface area contributed by atoms with Gasteiger partial charge in [-0.15, -0.1) is 4.37 Å². The Morgan fingerprint density at radius 1 is 1.30 bits per heavy atom. The van der Waals surface area contributed by atoms with Crippen molar-refractivity contribution >= 4 is 17.3 Å². The van der Waals surface area contributed by atoms with Gasteiger partial charge in [0.15, 0.2) is 0 Å². The number of nitrogens with zero attached hydrogens (tertiary/aromatic N) is 3. The van der Waals surface area contributed by atoms with E-state index >= 15 is 0 Å². The number of likely N-dealkylation sites (N-methyl/N-ethyl adjacent to an activating group) is 1. The molecule has 0 bridgehead atoms. The van der Waals surface area contributed by atoms with Gasteiger partial charge in [0, 0.05) is 26.4 Å². The Bertz CT molecular complexity index is 556. The van der Waals surface area contributed by atoms with E-state index in [-0.39, 0.29) is 25.8 Å². The second kappa shape index (κ2) is 7.12. The Balaban J connectivity index is 1.88. The van der Waals surface area contributed by atoms with Gasteiger partial charge in [0.05, 0.1) is 18.3 Å². The molecule has 0 fully saturated rings. The van der Waals surface area contributed by atoms with Crippen LogP contribution in [0, 0.1) is 0 Å². The summed E-state index contributed by atoms with van der Waals surface area (Å²) in [4.78, 5) is 2.13. The van der Waals surface area contributed by atoms with Crippen LogP contribution < -0.4 is 4.74 Å². The highest BCUT2D eigenvalue weighted by Crippen LogP contribution is 2.37. The van der Waals surface area contributed by atoms with Gasteiger partial charge in [-0.1, -0.05) is 6.08 Å². The quantitative estimate of drug-likeness (QED) is 0.553. The highest BCUT2D eigenvalue weighted by atomic mass is 32.1. The smallest absolute Gasteiger partial charge is 0.310 e. The number of rotatable bonds is 7. The summed E-state index contributed by atoms with van der Waals surface area (Å²) in [7, 11) is 1.99. The van der Waals surface area contributed by atoms with Crippen LogP contribution in [-0.2, 0) is 0 Å². The van der Waals surface area contributed by atoms with Gasteiger partial charge >= 0.3 is 11.8 Å². The molecule has 0 N–H and O–H groups in total. The predicted octanol–water partition coefficient (Wildman–Crippen LogP) is 3.71. The van der Waals surface area contributed by atoms with Crippen LogP contribution >= 0.6 is 11.7 Å². The number of aromatic nitrogens is 2. The molecule has 1 aromatic rings. The molecule has 0 radical (unpaired) electrons. The molecule has 0 spiro atoms. The summed E-state index contributed by atoms with van der Waals surface area (Å²) in [6.07, 6.45) is 1.82. The lowest BCUT2D eigenvalue weighted by Crippen LogP contribution is -2.37. The third kappa shape index (κ3) is 4.63. The Morgan fingerprint density at radius 2 is 2.04 bits per heavy atom.